The number of thioether (sulfide) groups is 1. The molecular formula is C31H27N3O2S2. The summed E-state index contributed by atoms with van der Waals surface area (Å²) in [6.45, 7) is 6.72. The molecule has 1 fully saturated rings. The summed E-state index contributed by atoms with van der Waals surface area (Å²) < 4.78 is 8.18. The second-order valence-corrected chi connectivity index (χ2v) is 10.5. The number of aryl methyl sites for hydroxylation is 1. The molecular weight excluding hydrogens is 510 g/mol. The predicted molar refractivity (Wildman–Crippen MR) is 159 cm³/mol. The smallest absolute Gasteiger partial charge is 0.266 e. The van der Waals surface area contributed by atoms with Gasteiger partial charge in [-0.2, -0.15) is 5.10 Å². The first-order valence-corrected chi connectivity index (χ1v) is 13.5. The summed E-state index contributed by atoms with van der Waals surface area (Å²) in [6, 6.07) is 26.0. The molecule has 5 rings (SSSR count). The molecule has 0 saturated carbocycles. The van der Waals surface area contributed by atoms with Gasteiger partial charge in [0.15, 0.2) is 0 Å². The van der Waals surface area contributed by atoms with Crippen LogP contribution in [0.25, 0.3) is 23.0 Å². The Morgan fingerprint density at radius 2 is 1.79 bits per heavy atom. The predicted octanol–water partition coefficient (Wildman–Crippen LogP) is 6.86. The summed E-state index contributed by atoms with van der Waals surface area (Å²) in [6.07, 6.45) is 6.33. The molecule has 0 aliphatic carbocycles. The Labute approximate surface area is 232 Å². The van der Waals surface area contributed by atoms with E-state index in [-0.39, 0.29) is 5.91 Å². The van der Waals surface area contributed by atoms with Gasteiger partial charge < -0.3 is 4.74 Å². The van der Waals surface area contributed by atoms with Crippen LogP contribution in [0.4, 0.5) is 0 Å². The van der Waals surface area contributed by atoms with E-state index < -0.39 is 0 Å². The fourth-order valence-corrected chi connectivity index (χ4v) is 5.56. The third kappa shape index (κ3) is 5.64. The van der Waals surface area contributed by atoms with Gasteiger partial charge in [-0.1, -0.05) is 85.2 Å². The van der Waals surface area contributed by atoms with Gasteiger partial charge in [0, 0.05) is 23.9 Å². The van der Waals surface area contributed by atoms with E-state index in [0.717, 1.165) is 40.2 Å². The van der Waals surface area contributed by atoms with Crippen molar-refractivity contribution in [2.45, 2.75) is 13.3 Å². The average molecular weight is 538 g/mol. The number of para-hydroxylation sites is 1. The average Bonchev–Trinajstić information content (AvgIpc) is 3.48. The van der Waals surface area contributed by atoms with Gasteiger partial charge in [-0.25, -0.2) is 4.68 Å². The Kier molecular flexibility index (Phi) is 7.86. The van der Waals surface area contributed by atoms with Crippen molar-refractivity contribution in [3.8, 4) is 22.7 Å². The Bertz CT molecular complexity index is 1510. The highest BCUT2D eigenvalue weighted by molar-refractivity contribution is 8.26. The van der Waals surface area contributed by atoms with E-state index in [1.165, 1.54) is 17.3 Å². The van der Waals surface area contributed by atoms with Gasteiger partial charge in [-0.05, 0) is 60.9 Å². The van der Waals surface area contributed by atoms with Crippen LogP contribution in [-0.4, -0.2) is 38.1 Å². The maximum atomic E-state index is 13.4. The standard InChI is InChI=1S/C31H27N3O2S2/c1-3-18-36-27-15-14-24(19-22(27)2)29-25(21-34(32-29)26-12-8-5-9-13-26)20-28-30(35)33(31(37)38-28)17-16-23-10-6-4-7-11-23/h3-15,19-21H,1,16-18H2,2H3. The lowest BCUT2D eigenvalue weighted by atomic mass is 10.0. The van der Waals surface area contributed by atoms with E-state index in [0.29, 0.717) is 22.4 Å². The lowest BCUT2D eigenvalue weighted by Crippen LogP contribution is -2.30. The third-order valence-corrected chi connectivity index (χ3v) is 7.57. The van der Waals surface area contributed by atoms with Crippen molar-refractivity contribution in [1.29, 1.82) is 0 Å². The quantitative estimate of drug-likeness (QED) is 0.133. The number of carbonyl (C=O) groups is 1. The summed E-state index contributed by atoms with van der Waals surface area (Å²) >= 11 is 6.92. The van der Waals surface area contributed by atoms with Crippen LogP contribution in [0.5, 0.6) is 5.75 Å². The van der Waals surface area contributed by atoms with Crippen LogP contribution >= 0.6 is 24.0 Å². The van der Waals surface area contributed by atoms with Crippen LogP contribution in [0.2, 0.25) is 0 Å². The minimum atomic E-state index is -0.0707. The zero-order valence-electron chi connectivity index (χ0n) is 21.0. The van der Waals surface area contributed by atoms with E-state index >= 15 is 0 Å². The fourth-order valence-electron chi connectivity index (χ4n) is 4.26. The summed E-state index contributed by atoms with van der Waals surface area (Å²) in [4.78, 5) is 15.7. The molecule has 4 aromatic rings. The number of nitrogens with zero attached hydrogens (tertiary/aromatic N) is 3. The molecule has 1 aliphatic heterocycles. The van der Waals surface area contributed by atoms with Gasteiger partial charge in [0.25, 0.3) is 5.91 Å². The maximum Gasteiger partial charge on any atom is 0.266 e. The van der Waals surface area contributed by atoms with Crippen LogP contribution in [0.3, 0.4) is 0 Å². The number of amides is 1. The number of benzene rings is 3. The van der Waals surface area contributed by atoms with E-state index in [2.05, 4.69) is 24.8 Å². The van der Waals surface area contributed by atoms with Crippen molar-refractivity contribution in [3.05, 3.63) is 119 Å². The molecule has 2 heterocycles. The Morgan fingerprint density at radius 1 is 1.05 bits per heavy atom. The third-order valence-electron chi connectivity index (χ3n) is 6.20. The number of aromatic nitrogens is 2. The van der Waals surface area contributed by atoms with E-state index in [1.54, 1.807) is 11.0 Å². The molecule has 0 unspecified atom stereocenters. The lowest BCUT2D eigenvalue weighted by Gasteiger charge is -2.14. The largest absolute Gasteiger partial charge is 0.489 e. The molecule has 1 amide bonds. The van der Waals surface area contributed by atoms with E-state index in [1.807, 2.05) is 84.5 Å². The zero-order chi connectivity index (χ0) is 26.5. The van der Waals surface area contributed by atoms with Crippen molar-refractivity contribution >= 4 is 40.3 Å². The Balaban J connectivity index is 1.48. The van der Waals surface area contributed by atoms with Crippen molar-refractivity contribution < 1.29 is 9.53 Å². The van der Waals surface area contributed by atoms with Gasteiger partial charge in [0.1, 0.15) is 22.4 Å². The normalized spacial score (nSPS) is 14.3. The molecule has 1 aliphatic rings. The molecule has 0 atom stereocenters. The summed E-state index contributed by atoms with van der Waals surface area (Å²) in [5, 5.41) is 4.91. The van der Waals surface area contributed by atoms with Gasteiger partial charge in [0.05, 0.1) is 10.6 Å². The van der Waals surface area contributed by atoms with Crippen molar-refractivity contribution in [2.75, 3.05) is 13.2 Å². The highest BCUT2D eigenvalue weighted by atomic mass is 32.2. The van der Waals surface area contributed by atoms with Crippen molar-refractivity contribution in [3.63, 3.8) is 0 Å². The van der Waals surface area contributed by atoms with Crippen LogP contribution in [0, 0.1) is 6.92 Å². The summed E-state index contributed by atoms with van der Waals surface area (Å²) in [7, 11) is 0. The molecule has 1 saturated heterocycles. The second-order valence-electron chi connectivity index (χ2n) is 8.86. The number of hydrogen-bond acceptors (Lipinski definition) is 5. The van der Waals surface area contributed by atoms with Crippen LogP contribution in [-0.2, 0) is 11.2 Å². The molecule has 0 radical (unpaired) electrons. The lowest BCUT2D eigenvalue weighted by molar-refractivity contribution is -0.122. The number of ether oxygens (including phenoxy) is 1. The van der Waals surface area contributed by atoms with Crippen molar-refractivity contribution in [2.24, 2.45) is 0 Å². The van der Waals surface area contributed by atoms with Crippen molar-refractivity contribution in [1.82, 2.24) is 14.7 Å². The van der Waals surface area contributed by atoms with Gasteiger partial charge in [0.2, 0.25) is 0 Å². The van der Waals surface area contributed by atoms with E-state index in [9.17, 15) is 4.79 Å². The fraction of sp³-hybridized carbons (Fsp3) is 0.129. The minimum Gasteiger partial charge on any atom is -0.489 e. The Hall–Kier alpha value is -3.94. The molecule has 1 aromatic heterocycles. The molecule has 0 spiro atoms. The van der Waals surface area contributed by atoms with Gasteiger partial charge in [-0.15, -0.1) is 0 Å². The van der Waals surface area contributed by atoms with Gasteiger partial charge in [-0.3, -0.25) is 9.69 Å². The van der Waals surface area contributed by atoms with Crippen LogP contribution in [0.1, 0.15) is 16.7 Å². The first-order valence-electron chi connectivity index (χ1n) is 12.3. The second kappa shape index (κ2) is 11.6. The molecule has 5 nitrogen and oxygen atoms in total. The van der Waals surface area contributed by atoms with Crippen LogP contribution < -0.4 is 4.74 Å². The maximum absolute atomic E-state index is 13.4. The topological polar surface area (TPSA) is 47.4 Å². The number of carbonyl (C=O) groups excluding carboxylic acids is 1. The molecule has 7 heteroatoms. The SMILES string of the molecule is C=CCOc1ccc(-c2nn(-c3ccccc3)cc2C=C2SC(=S)N(CCc3ccccc3)C2=O)cc1C. The van der Waals surface area contributed by atoms with Crippen LogP contribution in [0.15, 0.2) is 103 Å². The molecule has 0 N–H and O–H groups in total. The molecule has 190 valence electrons. The monoisotopic (exact) mass is 537 g/mol. The number of hydrogen-bond donors (Lipinski definition) is 0. The molecule has 0 bridgehead atoms. The highest BCUT2D eigenvalue weighted by Crippen LogP contribution is 2.35. The van der Waals surface area contributed by atoms with Gasteiger partial charge >= 0.3 is 0 Å². The number of rotatable bonds is 9. The number of thiocarbonyl (C=S) groups is 1. The summed E-state index contributed by atoms with van der Waals surface area (Å²) in [5.41, 5.74) is 5.67. The minimum absolute atomic E-state index is 0.0707. The Morgan fingerprint density at radius 3 is 2.50 bits per heavy atom. The summed E-state index contributed by atoms with van der Waals surface area (Å²) in [5.74, 6) is 0.732. The molecule has 38 heavy (non-hydrogen) atoms. The zero-order valence-corrected chi connectivity index (χ0v) is 22.7. The van der Waals surface area contributed by atoms with E-state index in [4.69, 9.17) is 22.1 Å². The first-order chi connectivity index (χ1) is 18.5. The highest BCUT2D eigenvalue weighted by Gasteiger charge is 2.32. The molecule has 3 aromatic carbocycles. The first kappa shape index (κ1) is 25.7.